The first-order chi connectivity index (χ1) is 14.2. The summed E-state index contributed by atoms with van der Waals surface area (Å²) in [5, 5.41) is 3.74. The Morgan fingerprint density at radius 1 is 1.17 bits per heavy atom. The summed E-state index contributed by atoms with van der Waals surface area (Å²) in [5.41, 5.74) is 3.69. The average Bonchev–Trinajstić information content (AvgIpc) is 2.87. The predicted octanol–water partition coefficient (Wildman–Crippen LogP) is 5.95. The van der Waals surface area contributed by atoms with Gasteiger partial charge in [0.05, 0.1) is 18.3 Å². The molecule has 1 atom stereocenters. The molecule has 0 amide bonds. The van der Waals surface area contributed by atoms with Gasteiger partial charge < -0.3 is 14.4 Å². The molecule has 1 aromatic carbocycles. The largest absolute Gasteiger partial charge is 0.466 e. The molecular weight excluding hydrogens is 380 g/mol. The summed E-state index contributed by atoms with van der Waals surface area (Å²) in [6.07, 6.45) is 8.51. The lowest BCUT2D eigenvalue weighted by molar-refractivity contribution is -0.143. The van der Waals surface area contributed by atoms with Crippen molar-refractivity contribution in [3.8, 4) is 0 Å². The molecule has 1 aliphatic heterocycles. The number of esters is 1. The van der Waals surface area contributed by atoms with Crippen LogP contribution in [0.1, 0.15) is 57.6 Å². The minimum atomic E-state index is -0.0867. The van der Waals surface area contributed by atoms with Crippen molar-refractivity contribution >= 4 is 23.6 Å². The molecule has 2 rings (SSSR count). The number of anilines is 1. The molecule has 1 aromatic rings. The van der Waals surface area contributed by atoms with Gasteiger partial charge in [0.2, 0.25) is 0 Å². The fourth-order valence-corrected chi connectivity index (χ4v) is 4.56. The van der Waals surface area contributed by atoms with Crippen LogP contribution in [0, 0.1) is 0 Å². The summed E-state index contributed by atoms with van der Waals surface area (Å²) in [4.78, 5) is 12.5. The van der Waals surface area contributed by atoms with Gasteiger partial charge in [-0.25, -0.2) is 0 Å². The third-order valence-corrected chi connectivity index (χ3v) is 6.25. The van der Waals surface area contributed by atoms with Crippen molar-refractivity contribution < 1.29 is 9.53 Å². The highest BCUT2D eigenvalue weighted by Gasteiger charge is 2.26. The molecule has 29 heavy (non-hydrogen) atoms. The molecule has 1 unspecified atom stereocenters. The Bertz CT molecular complexity index is 729. The number of unbranched alkanes of at least 4 members (excludes halogenated alkanes) is 3. The van der Waals surface area contributed by atoms with Crippen LogP contribution in [0.2, 0.25) is 0 Å². The van der Waals surface area contributed by atoms with Crippen LogP contribution in [0.4, 0.5) is 5.69 Å². The van der Waals surface area contributed by atoms with E-state index in [2.05, 4.69) is 54.0 Å². The van der Waals surface area contributed by atoms with Crippen LogP contribution in [0.3, 0.4) is 0 Å². The van der Waals surface area contributed by atoms with E-state index in [4.69, 9.17) is 4.74 Å². The van der Waals surface area contributed by atoms with Crippen LogP contribution < -0.4 is 9.62 Å². The standard InChI is InChI=1S/C24H34N2O2S/c1-5-19-22(6-2)29-26(7-3)21-16-13-12-15-20(21)24(19)25-18-14-10-9-11-17-23(27)28-8-4/h5-6,12-13,15-16,24-25H,1-2,7-11,14,17-18H2,3-4H3. The SMILES string of the molecule is C=CC1=C(C=C)C(NCCCCCCC(=O)OCC)c2ccccc2N(CC)S1. The van der Waals surface area contributed by atoms with Crippen LogP contribution in [-0.4, -0.2) is 25.7 Å². The van der Waals surface area contributed by atoms with Crippen molar-refractivity contribution in [2.75, 3.05) is 24.0 Å². The molecular formula is C24H34N2O2S. The topological polar surface area (TPSA) is 41.6 Å². The Labute approximate surface area is 180 Å². The zero-order valence-electron chi connectivity index (χ0n) is 17.8. The van der Waals surface area contributed by atoms with Crippen molar-refractivity contribution in [2.24, 2.45) is 0 Å². The van der Waals surface area contributed by atoms with E-state index in [1.54, 1.807) is 11.9 Å². The molecule has 4 nitrogen and oxygen atoms in total. The maximum Gasteiger partial charge on any atom is 0.305 e. The number of fused-ring (bicyclic) bond motifs is 1. The molecule has 0 aliphatic carbocycles. The van der Waals surface area contributed by atoms with Gasteiger partial charge in [-0.2, -0.15) is 0 Å². The van der Waals surface area contributed by atoms with Gasteiger partial charge in [0.25, 0.3) is 0 Å². The Balaban J connectivity index is 2.00. The van der Waals surface area contributed by atoms with Gasteiger partial charge in [0.15, 0.2) is 0 Å². The molecule has 0 saturated heterocycles. The van der Waals surface area contributed by atoms with E-state index in [1.165, 1.54) is 16.8 Å². The number of hydrogen-bond acceptors (Lipinski definition) is 5. The second-order valence-corrected chi connectivity index (χ2v) is 7.99. The minimum Gasteiger partial charge on any atom is -0.466 e. The number of nitrogens with zero attached hydrogens (tertiary/aromatic N) is 1. The van der Waals surface area contributed by atoms with E-state index >= 15 is 0 Å². The highest BCUT2D eigenvalue weighted by atomic mass is 32.2. The van der Waals surface area contributed by atoms with E-state index < -0.39 is 0 Å². The second kappa shape index (κ2) is 12.6. The number of hydrogen-bond donors (Lipinski definition) is 1. The summed E-state index contributed by atoms with van der Waals surface area (Å²) in [7, 11) is 0. The van der Waals surface area contributed by atoms with E-state index in [0.29, 0.717) is 13.0 Å². The first-order valence-corrected chi connectivity index (χ1v) is 11.4. The Kier molecular flexibility index (Phi) is 10.1. The van der Waals surface area contributed by atoms with Crippen molar-refractivity contribution in [3.05, 3.63) is 65.6 Å². The zero-order valence-corrected chi connectivity index (χ0v) is 18.6. The fourth-order valence-electron chi connectivity index (χ4n) is 3.54. The Hall–Kier alpha value is -1.98. The number of benzene rings is 1. The molecule has 1 aliphatic rings. The molecule has 0 bridgehead atoms. The minimum absolute atomic E-state index is 0.0867. The molecule has 0 fully saturated rings. The third kappa shape index (κ3) is 6.51. The maximum atomic E-state index is 11.4. The van der Waals surface area contributed by atoms with Gasteiger partial charge >= 0.3 is 5.97 Å². The van der Waals surface area contributed by atoms with Crippen LogP contribution >= 0.6 is 11.9 Å². The van der Waals surface area contributed by atoms with Crippen molar-refractivity contribution in [1.29, 1.82) is 0 Å². The Morgan fingerprint density at radius 3 is 2.62 bits per heavy atom. The number of allylic oxidation sites excluding steroid dienone is 1. The van der Waals surface area contributed by atoms with Gasteiger partial charge in [0, 0.05) is 17.9 Å². The van der Waals surface area contributed by atoms with Crippen molar-refractivity contribution in [1.82, 2.24) is 5.32 Å². The van der Waals surface area contributed by atoms with Crippen LogP contribution in [0.25, 0.3) is 0 Å². The van der Waals surface area contributed by atoms with E-state index in [1.807, 2.05) is 19.1 Å². The summed E-state index contributed by atoms with van der Waals surface area (Å²) in [5.74, 6) is -0.0867. The van der Waals surface area contributed by atoms with Gasteiger partial charge in [0.1, 0.15) is 0 Å². The van der Waals surface area contributed by atoms with Crippen LogP contribution in [0.5, 0.6) is 0 Å². The van der Waals surface area contributed by atoms with Gasteiger partial charge in [-0.1, -0.05) is 56.4 Å². The van der Waals surface area contributed by atoms with Crippen LogP contribution in [-0.2, 0) is 9.53 Å². The highest BCUT2D eigenvalue weighted by molar-refractivity contribution is 8.04. The monoisotopic (exact) mass is 414 g/mol. The first-order valence-electron chi connectivity index (χ1n) is 10.6. The second-order valence-electron chi connectivity index (χ2n) is 6.93. The maximum absolute atomic E-state index is 11.4. The lowest BCUT2D eigenvalue weighted by atomic mass is 9.96. The molecule has 0 saturated carbocycles. The molecule has 5 heteroatoms. The molecule has 1 N–H and O–H groups in total. The number of ether oxygens (including phenoxy) is 1. The number of carbonyl (C=O) groups excluding carboxylic acids is 1. The highest BCUT2D eigenvalue weighted by Crippen LogP contribution is 2.43. The fraction of sp³-hybridized carbons (Fsp3) is 0.458. The van der Waals surface area contributed by atoms with Crippen LogP contribution in [0.15, 0.2) is 60.1 Å². The van der Waals surface area contributed by atoms with Gasteiger partial charge in [-0.3, -0.25) is 4.79 Å². The van der Waals surface area contributed by atoms with Crippen molar-refractivity contribution in [3.63, 3.8) is 0 Å². The average molecular weight is 415 g/mol. The summed E-state index contributed by atoms with van der Waals surface area (Å²) < 4.78 is 7.29. The molecule has 0 aromatic heterocycles. The first kappa shape index (κ1) is 23.3. The lowest BCUT2D eigenvalue weighted by Crippen LogP contribution is -2.25. The third-order valence-electron chi connectivity index (χ3n) is 4.97. The van der Waals surface area contributed by atoms with E-state index in [0.717, 1.165) is 43.7 Å². The van der Waals surface area contributed by atoms with E-state index in [-0.39, 0.29) is 12.0 Å². The van der Waals surface area contributed by atoms with Gasteiger partial charge in [-0.05, 0) is 62.4 Å². The smallest absolute Gasteiger partial charge is 0.305 e. The van der Waals surface area contributed by atoms with E-state index in [9.17, 15) is 4.79 Å². The lowest BCUT2D eigenvalue weighted by Gasteiger charge is -2.24. The summed E-state index contributed by atoms with van der Waals surface area (Å²) in [6, 6.07) is 8.67. The van der Waals surface area contributed by atoms with Crippen molar-refractivity contribution in [2.45, 2.75) is 52.0 Å². The van der Waals surface area contributed by atoms with Gasteiger partial charge in [-0.15, -0.1) is 0 Å². The number of carbonyl (C=O) groups is 1. The quantitative estimate of drug-likeness (QED) is 0.260. The molecule has 0 radical (unpaired) electrons. The molecule has 1 heterocycles. The number of rotatable bonds is 12. The summed E-state index contributed by atoms with van der Waals surface area (Å²) >= 11 is 1.73. The Morgan fingerprint density at radius 2 is 1.93 bits per heavy atom. The zero-order chi connectivity index (χ0) is 21.1. The normalized spacial score (nSPS) is 16.2. The number of nitrogens with one attached hydrogen (secondary N) is 1. The molecule has 158 valence electrons. The number of para-hydroxylation sites is 1. The predicted molar refractivity (Wildman–Crippen MR) is 125 cm³/mol. The summed E-state index contributed by atoms with van der Waals surface area (Å²) in [6.45, 7) is 14.4. The molecule has 0 spiro atoms.